The Labute approximate surface area is 40.7 Å². The summed E-state index contributed by atoms with van der Waals surface area (Å²) in [6.07, 6.45) is 0. The molecule has 0 amide bonds. The van der Waals surface area contributed by atoms with Gasteiger partial charge in [-0.3, -0.25) is 4.79 Å². The number of rotatable bonds is 2. The molecule has 0 aliphatic carbocycles. The van der Waals surface area contributed by atoms with Gasteiger partial charge in [-0.1, -0.05) is 0 Å². The minimum Gasteiger partial charge on any atom is -0.296 e. The van der Waals surface area contributed by atoms with Gasteiger partial charge in [-0.2, -0.15) is 0 Å². The minimum atomic E-state index is -0.691. The maximum Gasteiger partial charge on any atom is 0.176 e. The van der Waals surface area contributed by atoms with Gasteiger partial charge in [0.2, 0.25) is 0 Å². The number of halogens is 1. The summed E-state index contributed by atoms with van der Waals surface area (Å²) < 4.78 is 0. The Balaban J connectivity index is 2.99. The fourth-order valence-corrected chi connectivity index (χ4v) is 0.116. The Morgan fingerprint density at radius 1 is 1.67 bits per heavy atom. The van der Waals surface area contributed by atoms with Crippen molar-refractivity contribution in [2.24, 2.45) is 0 Å². The molecule has 0 saturated carbocycles. The maximum atomic E-state index is 9.74. The number of carbonyl (C=O) groups is 1. The third-order valence-electron chi connectivity index (χ3n) is 0.310. The molecule has 0 atom stereocenters. The number of Topliss-reactive ketones (excluding diaryl/α,β-unsaturated/α-hetero) is 1. The molecule has 3 heteroatoms. The smallest absolute Gasteiger partial charge is 0.176 e. The molecule has 0 aliphatic heterocycles. The van der Waals surface area contributed by atoms with Gasteiger partial charge in [-0.05, 0) is 0 Å². The highest BCUT2D eigenvalue weighted by atomic mass is 35.5. The van der Waals surface area contributed by atoms with Crippen molar-refractivity contribution in [1.82, 2.24) is 0 Å². The van der Waals surface area contributed by atoms with Gasteiger partial charge in [-0.25, -0.2) is 5.11 Å². The van der Waals surface area contributed by atoms with Gasteiger partial charge in [0.25, 0.3) is 0 Å². The topological polar surface area (TPSA) is 37.0 Å². The Morgan fingerprint density at radius 3 is 2.17 bits per heavy atom. The first-order valence-electron chi connectivity index (χ1n) is 1.47. The second kappa shape index (κ2) is 3.12. The summed E-state index contributed by atoms with van der Waals surface area (Å²) >= 11 is 4.90. The van der Waals surface area contributed by atoms with Crippen LogP contribution in [0.2, 0.25) is 0 Å². The van der Waals surface area contributed by atoms with Crippen LogP contribution in [0.3, 0.4) is 0 Å². The van der Waals surface area contributed by atoms with E-state index in [0.717, 1.165) is 0 Å². The van der Waals surface area contributed by atoms with E-state index in [1.165, 1.54) is 0 Å². The lowest BCUT2D eigenvalue weighted by Gasteiger charge is -1.76. The largest absolute Gasteiger partial charge is 0.296 e. The molecule has 2 nitrogen and oxygen atoms in total. The maximum absolute atomic E-state index is 9.74. The fourth-order valence-electron chi connectivity index (χ4n) is 0.0386. The second-order valence-corrected chi connectivity index (χ2v) is 1.08. The molecule has 0 aromatic heterocycles. The van der Waals surface area contributed by atoms with E-state index < -0.39 is 12.4 Å². The van der Waals surface area contributed by atoms with Crippen LogP contribution in [0.5, 0.6) is 0 Å². The van der Waals surface area contributed by atoms with Crippen LogP contribution < -0.4 is 0 Å². The Kier molecular flexibility index (Phi) is 3.08. The molecule has 0 fully saturated rings. The zero-order valence-electron chi connectivity index (χ0n) is 3.11. The lowest BCUT2D eigenvalue weighted by atomic mass is 10.5. The molecule has 6 heavy (non-hydrogen) atoms. The van der Waals surface area contributed by atoms with E-state index in [-0.39, 0.29) is 5.88 Å². The molecule has 0 heterocycles. The first-order valence-corrected chi connectivity index (χ1v) is 2.00. The third-order valence-corrected chi connectivity index (χ3v) is 0.608. The molecule has 0 rings (SSSR count). The molecule has 0 unspecified atom stereocenters. The predicted octanol–water partition coefficient (Wildman–Crippen LogP) is 0.225. The van der Waals surface area contributed by atoms with Crippen molar-refractivity contribution in [2.75, 3.05) is 12.5 Å². The second-order valence-electron chi connectivity index (χ2n) is 0.817. The van der Waals surface area contributed by atoms with Crippen molar-refractivity contribution in [2.45, 2.75) is 0 Å². The zero-order valence-corrected chi connectivity index (χ0v) is 3.86. The molecule has 0 spiro atoms. The van der Waals surface area contributed by atoms with Gasteiger partial charge in [0.15, 0.2) is 5.78 Å². The number of carbonyl (C=O) groups excluding carboxylic acids is 1. The molecule has 0 N–H and O–H groups in total. The monoisotopic (exact) mass is 107 g/mol. The third kappa shape index (κ3) is 2.18. The first-order chi connectivity index (χ1) is 2.81. The van der Waals surface area contributed by atoms with Gasteiger partial charge in [0.1, 0.15) is 6.61 Å². The normalized spacial score (nSPS) is 8.33. The van der Waals surface area contributed by atoms with Gasteiger partial charge in [0.05, 0.1) is 5.88 Å². The first kappa shape index (κ1) is 5.92. The van der Waals surface area contributed by atoms with E-state index in [0.29, 0.717) is 0 Å². The van der Waals surface area contributed by atoms with Crippen molar-refractivity contribution in [3.05, 3.63) is 0 Å². The summed E-state index contributed by atoms with van der Waals surface area (Å²) in [4.78, 5) is 9.74. The molecule has 0 aliphatic rings. The van der Waals surface area contributed by atoms with Crippen LogP contribution in [-0.2, 0) is 9.90 Å². The van der Waals surface area contributed by atoms with Crippen LogP contribution in [0.4, 0.5) is 0 Å². The van der Waals surface area contributed by atoms with Crippen molar-refractivity contribution in [3.63, 3.8) is 0 Å². The van der Waals surface area contributed by atoms with Crippen LogP contribution in [0.1, 0.15) is 0 Å². The molecular weight excluding hydrogens is 103 g/mol. The standard InChI is InChI=1S/C3H4ClO2/c4-1-3(6)2-5/h1-2H2. The van der Waals surface area contributed by atoms with Gasteiger partial charge < -0.3 is 0 Å². The summed E-state index contributed by atoms with van der Waals surface area (Å²) in [7, 11) is 0. The van der Waals surface area contributed by atoms with Gasteiger partial charge in [-0.15, -0.1) is 11.6 Å². The van der Waals surface area contributed by atoms with E-state index in [1.54, 1.807) is 0 Å². The molecule has 0 saturated heterocycles. The van der Waals surface area contributed by atoms with Crippen LogP contribution in [0, 0.1) is 0 Å². The van der Waals surface area contributed by atoms with Crippen molar-refractivity contribution in [3.8, 4) is 0 Å². The highest BCUT2D eigenvalue weighted by molar-refractivity contribution is 6.27. The quantitative estimate of drug-likeness (QED) is 0.465. The van der Waals surface area contributed by atoms with Crippen LogP contribution >= 0.6 is 11.6 Å². The van der Waals surface area contributed by atoms with Crippen LogP contribution in [-0.4, -0.2) is 18.3 Å². The van der Waals surface area contributed by atoms with Crippen molar-refractivity contribution in [1.29, 1.82) is 0 Å². The van der Waals surface area contributed by atoms with Crippen molar-refractivity contribution >= 4 is 17.4 Å². The fraction of sp³-hybridized carbons (Fsp3) is 0.667. The molecule has 0 aromatic rings. The predicted molar refractivity (Wildman–Crippen MR) is 21.3 cm³/mol. The number of ketones is 1. The average molecular weight is 108 g/mol. The summed E-state index contributed by atoms with van der Waals surface area (Å²) in [5.41, 5.74) is 0. The molecule has 1 radical (unpaired) electrons. The summed E-state index contributed by atoms with van der Waals surface area (Å²) in [6, 6.07) is 0. The SMILES string of the molecule is [O]CC(=O)CCl. The Bertz CT molecular complexity index is 46.8. The molecule has 35 valence electrons. The molecule has 0 aromatic carbocycles. The molecular formula is C3H4ClO2. The highest BCUT2D eigenvalue weighted by Crippen LogP contribution is 1.73. The summed E-state index contributed by atoms with van der Waals surface area (Å²) in [5.74, 6) is -0.597. The highest BCUT2D eigenvalue weighted by Gasteiger charge is 1.92. The van der Waals surface area contributed by atoms with Gasteiger partial charge >= 0.3 is 0 Å². The summed E-state index contributed by atoms with van der Waals surface area (Å²) in [6.45, 7) is -0.691. The Morgan fingerprint density at radius 2 is 2.17 bits per heavy atom. The van der Waals surface area contributed by atoms with Crippen LogP contribution in [0.25, 0.3) is 0 Å². The lowest BCUT2D eigenvalue weighted by Crippen LogP contribution is -2.02. The van der Waals surface area contributed by atoms with E-state index >= 15 is 0 Å². The number of alkyl halides is 1. The number of hydrogen-bond acceptors (Lipinski definition) is 1. The van der Waals surface area contributed by atoms with E-state index in [4.69, 9.17) is 11.6 Å². The molecule has 0 bridgehead atoms. The van der Waals surface area contributed by atoms with E-state index in [9.17, 15) is 9.90 Å². The van der Waals surface area contributed by atoms with E-state index in [2.05, 4.69) is 0 Å². The zero-order chi connectivity index (χ0) is 4.99. The minimum absolute atomic E-state index is 0.149. The van der Waals surface area contributed by atoms with Gasteiger partial charge in [0, 0.05) is 0 Å². The van der Waals surface area contributed by atoms with Crippen LogP contribution in [0.15, 0.2) is 0 Å². The van der Waals surface area contributed by atoms with E-state index in [1.807, 2.05) is 0 Å². The summed E-state index contributed by atoms with van der Waals surface area (Å²) in [5, 5.41) is 9.43. The number of hydrogen-bond donors (Lipinski definition) is 0. The Hall–Kier alpha value is -0.0800. The lowest BCUT2D eigenvalue weighted by molar-refractivity contribution is -0.120. The average Bonchev–Trinajstić information content (AvgIpc) is 1.65. The van der Waals surface area contributed by atoms with Crippen molar-refractivity contribution < 1.29 is 9.90 Å².